The normalized spacial score (nSPS) is 11.1. The summed E-state index contributed by atoms with van der Waals surface area (Å²) in [5.74, 6) is -3.87. The minimum absolute atomic E-state index is 0. The Balaban J connectivity index is 0.00000576. The van der Waals surface area contributed by atoms with E-state index in [-0.39, 0.29) is 151 Å². The molecular weight excluding hydrogens is 748 g/mol. The summed E-state index contributed by atoms with van der Waals surface area (Å²) in [5, 5.41) is 52.8. The van der Waals surface area contributed by atoms with Gasteiger partial charge in [0.15, 0.2) is 0 Å². The second-order valence-electron chi connectivity index (χ2n) is 8.73. The second-order valence-corrected chi connectivity index (χ2v) is 12.6. The average Bonchev–Trinajstić information content (AvgIpc) is 2.96. The maximum Gasteiger partial charge on any atom is 0.339 e. The Morgan fingerprint density at radius 3 is 1.08 bits per heavy atom. The van der Waals surface area contributed by atoms with E-state index in [4.69, 9.17) is 10.2 Å². The van der Waals surface area contributed by atoms with Gasteiger partial charge in [-0.2, -0.15) is 37.3 Å². The summed E-state index contributed by atoms with van der Waals surface area (Å²) in [5.41, 5.74) is -1.12. The fraction of sp³-hybridized carbons (Fsp3) is 0. The largest absolute Gasteiger partial charge is 0.507 e. The van der Waals surface area contributed by atoms with Crippen LogP contribution >= 0.6 is 11.8 Å². The minimum Gasteiger partial charge on any atom is -0.507 e. The fourth-order valence-electron chi connectivity index (χ4n) is 3.55. The van der Waals surface area contributed by atoms with Crippen molar-refractivity contribution in [3.63, 3.8) is 0 Å². The van der Waals surface area contributed by atoms with E-state index >= 15 is 0 Å². The van der Waals surface area contributed by atoms with Crippen LogP contribution in [0, 0.1) is 0 Å². The molecule has 49 heavy (non-hydrogen) atoms. The Hall–Kier alpha value is -1.21. The van der Waals surface area contributed by atoms with Crippen LogP contribution in [0.25, 0.3) is 0 Å². The van der Waals surface area contributed by atoms with Crippen molar-refractivity contribution in [1.82, 2.24) is 0 Å². The molecular formula is C26H18N4Na4O12S3. The molecule has 0 heterocycles. The molecule has 0 saturated carbocycles. The van der Waals surface area contributed by atoms with Crippen LogP contribution in [0.3, 0.4) is 0 Å². The van der Waals surface area contributed by atoms with Gasteiger partial charge in [0.1, 0.15) is 32.4 Å². The molecule has 23 heteroatoms. The van der Waals surface area contributed by atoms with E-state index in [0.29, 0.717) is 11.8 Å². The Bertz CT molecular complexity index is 2000. The molecule has 4 rings (SSSR count). The van der Waals surface area contributed by atoms with Crippen molar-refractivity contribution in [1.29, 1.82) is 0 Å². The Kier molecular flexibility index (Phi) is 19.6. The van der Waals surface area contributed by atoms with Gasteiger partial charge >= 0.3 is 11.9 Å². The molecule has 0 atom stereocenters. The van der Waals surface area contributed by atoms with Gasteiger partial charge in [-0.3, -0.25) is 9.11 Å². The van der Waals surface area contributed by atoms with Crippen LogP contribution in [0.1, 0.15) is 20.7 Å². The zero-order valence-corrected chi connectivity index (χ0v) is 36.5. The first kappa shape index (κ1) is 47.8. The summed E-state index contributed by atoms with van der Waals surface area (Å²) in [6.07, 6.45) is 0. The van der Waals surface area contributed by atoms with E-state index in [2.05, 4.69) is 20.5 Å². The zero-order valence-electron chi connectivity index (χ0n) is 26.1. The molecule has 0 aliphatic heterocycles. The number of aromatic hydroxyl groups is 2. The van der Waals surface area contributed by atoms with Gasteiger partial charge in [-0.25, -0.2) is 9.59 Å². The van der Waals surface area contributed by atoms with Gasteiger partial charge in [0.05, 0.1) is 22.7 Å². The van der Waals surface area contributed by atoms with Crippen LogP contribution in [0.2, 0.25) is 0 Å². The van der Waals surface area contributed by atoms with Gasteiger partial charge < -0.3 is 20.4 Å². The molecule has 0 amide bonds. The van der Waals surface area contributed by atoms with Gasteiger partial charge in [-0.1, -0.05) is 11.8 Å². The molecule has 0 aromatic heterocycles. The molecule has 6 N–H and O–H groups in total. The summed E-state index contributed by atoms with van der Waals surface area (Å²) >= 11 is 0.545. The number of azo groups is 2. The summed E-state index contributed by atoms with van der Waals surface area (Å²) < 4.78 is 68.5. The second kappa shape index (κ2) is 20.1. The third kappa shape index (κ3) is 13.1. The van der Waals surface area contributed by atoms with Gasteiger partial charge in [-0.15, -0.1) is 0 Å². The van der Waals surface area contributed by atoms with Crippen molar-refractivity contribution in [2.24, 2.45) is 20.5 Å². The Labute approximate surface area is 371 Å². The van der Waals surface area contributed by atoms with Crippen LogP contribution in [-0.4, -0.2) is 177 Å². The summed E-state index contributed by atoms with van der Waals surface area (Å²) in [6.45, 7) is 0. The predicted molar refractivity (Wildman–Crippen MR) is 178 cm³/mol. The molecule has 0 fully saturated rings. The van der Waals surface area contributed by atoms with Crippen molar-refractivity contribution in [2.75, 3.05) is 0 Å². The summed E-state index contributed by atoms with van der Waals surface area (Å²) in [4.78, 5) is 20.7. The molecule has 4 radical (unpaired) electrons. The number of aromatic carboxylic acids is 2. The van der Waals surface area contributed by atoms with Crippen molar-refractivity contribution < 1.29 is 56.0 Å². The van der Waals surface area contributed by atoms with Crippen LogP contribution in [-0.2, 0) is 20.2 Å². The van der Waals surface area contributed by atoms with E-state index in [9.17, 15) is 45.7 Å². The van der Waals surface area contributed by atoms with Crippen molar-refractivity contribution in [3.05, 3.63) is 83.9 Å². The predicted octanol–water partition coefficient (Wildman–Crippen LogP) is 4.45. The maximum absolute atomic E-state index is 12.2. The number of carbonyl (C=O) groups is 2. The number of hydrogen-bond acceptors (Lipinski definition) is 13. The first-order chi connectivity index (χ1) is 21.0. The topological polar surface area (TPSA) is 273 Å². The smallest absolute Gasteiger partial charge is 0.339 e. The Morgan fingerprint density at radius 1 is 0.510 bits per heavy atom. The number of hydrogen-bond donors (Lipinski definition) is 6. The first-order valence-corrected chi connectivity index (χ1v) is 15.6. The van der Waals surface area contributed by atoms with Crippen molar-refractivity contribution >= 4 is 185 Å². The Morgan fingerprint density at radius 2 is 0.796 bits per heavy atom. The zero-order chi connectivity index (χ0) is 33.1. The van der Waals surface area contributed by atoms with E-state index in [1.807, 2.05) is 0 Å². The molecule has 0 aliphatic carbocycles. The molecule has 4 aromatic carbocycles. The third-order valence-corrected chi connectivity index (χ3v) is 8.81. The van der Waals surface area contributed by atoms with E-state index in [1.54, 1.807) is 0 Å². The SMILES string of the molecule is O=C(O)c1cc(N=Nc2ccc(Sc3ccc(N=Nc4ccc(O)c(C(=O)O)c4)cc3S(=O)(=O)O)c(S(=O)(=O)O)c2)ccc1O.[Na].[Na].[Na].[Na]. The van der Waals surface area contributed by atoms with Crippen molar-refractivity contribution in [3.8, 4) is 11.5 Å². The molecule has 0 unspecified atom stereocenters. The molecule has 0 spiro atoms. The number of carboxylic acid groups (broad SMARTS) is 2. The van der Waals surface area contributed by atoms with Crippen molar-refractivity contribution in [2.45, 2.75) is 19.6 Å². The maximum atomic E-state index is 12.2. The van der Waals surface area contributed by atoms with Crippen LogP contribution < -0.4 is 0 Å². The van der Waals surface area contributed by atoms with Gasteiger partial charge in [-0.05, 0) is 72.8 Å². The van der Waals surface area contributed by atoms with E-state index < -0.39 is 64.6 Å². The standard InChI is InChI=1S/C26H18N4O12S3.4Na/c31-19-5-1-13(9-17(19)25(33)34)27-29-15-3-7-21(23(11-15)44(37,38)39)43-22-8-4-16(12-24(22)45(40,41)42)30-28-14-2-6-20(32)18(10-14)26(35)36;;;;/h1-12,31-32H,(H,33,34)(H,35,36)(H,37,38,39)(H,40,41,42);;;;. The first-order valence-electron chi connectivity index (χ1n) is 11.9. The third-order valence-electron chi connectivity index (χ3n) is 5.61. The number of nitrogens with zero attached hydrogens (tertiary/aromatic N) is 4. The van der Waals surface area contributed by atoms with E-state index in [1.165, 1.54) is 36.4 Å². The van der Waals surface area contributed by atoms with Gasteiger partial charge in [0.2, 0.25) is 0 Å². The molecule has 4 aromatic rings. The van der Waals surface area contributed by atoms with E-state index in [0.717, 1.165) is 36.4 Å². The molecule has 0 saturated heterocycles. The summed E-state index contributed by atoms with van der Waals surface area (Å²) in [6, 6.07) is 13.4. The van der Waals surface area contributed by atoms with Crippen LogP contribution in [0.5, 0.6) is 11.5 Å². The molecule has 16 nitrogen and oxygen atoms in total. The van der Waals surface area contributed by atoms with Gasteiger partial charge in [0.25, 0.3) is 20.2 Å². The fourth-order valence-corrected chi connectivity index (χ4v) is 6.45. The number of benzene rings is 4. The molecule has 0 bridgehead atoms. The average molecular weight is 767 g/mol. The number of rotatable bonds is 10. The molecule has 236 valence electrons. The van der Waals surface area contributed by atoms with Crippen LogP contribution in [0.15, 0.2) is 113 Å². The van der Waals surface area contributed by atoms with Gasteiger partial charge in [0, 0.05) is 128 Å². The quantitative estimate of drug-likeness (QED) is 0.0741. The number of phenols is 2. The monoisotopic (exact) mass is 766 g/mol. The molecule has 0 aliphatic rings. The van der Waals surface area contributed by atoms with Crippen LogP contribution in [0.4, 0.5) is 22.7 Å². The summed E-state index contributed by atoms with van der Waals surface area (Å²) in [7, 11) is -9.86. The number of carboxylic acids is 2. The minimum atomic E-state index is -4.93.